The van der Waals surface area contributed by atoms with Crippen molar-refractivity contribution in [3.63, 3.8) is 0 Å². The minimum Gasteiger partial charge on any atom is -0.301 e. The van der Waals surface area contributed by atoms with Crippen molar-refractivity contribution in [2.24, 2.45) is 0 Å². The molecule has 1 rings (SSSR count). The number of alkyl halides is 1. The molecule has 0 atom stereocenters. The van der Waals surface area contributed by atoms with Gasteiger partial charge in [0.05, 0.1) is 0 Å². The molecule has 0 fully saturated rings. The zero-order chi connectivity index (χ0) is 14.0. The number of halogens is 1. The summed E-state index contributed by atoms with van der Waals surface area (Å²) in [6.45, 7) is 4.59. The van der Waals surface area contributed by atoms with Crippen LogP contribution in [0.5, 0.6) is 0 Å². The van der Waals surface area contributed by atoms with Gasteiger partial charge in [0, 0.05) is 18.3 Å². The summed E-state index contributed by atoms with van der Waals surface area (Å²) in [6, 6.07) is 0. The van der Waals surface area contributed by atoms with Gasteiger partial charge in [0.1, 0.15) is 0 Å². The highest BCUT2D eigenvalue weighted by atomic mass is 35.5. The average molecular weight is 313 g/mol. The van der Waals surface area contributed by atoms with Gasteiger partial charge in [-0.1, -0.05) is 11.3 Å². The van der Waals surface area contributed by atoms with Crippen molar-refractivity contribution >= 4 is 44.0 Å². The van der Waals surface area contributed by atoms with E-state index in [0.29, 0.717) is 0 Å². The molecule has 2 N–H and O–H groups in total. The van der Waals surface area contributed by atoms with Crippen molar-refractivity contribution in [3.05, 3.63) is 0 Å². The lowest BCUT2D eigenvalue weighted by Gasteiger charge is -2.21. The van der Waals surface area contributed by atoms with E-state index in [4.69, 9.17) is 11.6 Å². The molecule has 18 heavy (non-hydrogen) atoms. The van der Waals surface area contributed by atoms with Crippen molar-refractivity contribution < 1.29 is 13.2 Å². The Kier molecular flexibility index (Phi) is 4.65. The van der Waals surface area contributed by atoms with Gasteiger partial charge in [-0.25, -0.2) is 13.1 Å². The van der Waals surface area contributed by atoms with E-state index in [1.54, 1.807) is 13.8 Å². The van der Waals surface area contributed by atoms with Gasteiger partial charge >= 0.3 is 0 Å². The molecule has 0 aliphatic heterocycles. The number of nitrogens with one attached hydrogen (secondary N) is 2. The van der Waals surface area contributed by atoms with Crippen LogP contribution in [0.1, 0.15) is 20.8 Å². The molecular weight excluding hydrogens is 300 g/mol. The standard InChI is InChI=1S/C8H13ClN4O3S2/c1-5(14)10-6-11-12-7(17-6)18(15,16)13-8(2,3)4-9/h13H,4H2,1-3H3,(H,10,11,14). The number of carbonyl (C=O) groups excluding carboxylic acids is 1. The van der Waals surface area contributed by atoms with E-state index in [1.165, 1.54) is 6.92 Å². The summed E-state index contributed by atoms with van der Waals surface area (Å²) in [5.41, 5.74) is -0.791. The van der Waals surface area contributed by atoms with Gasteiger partial charge in [-0.3, -0.25) is 4.79 Å². The van der Waals surface area contributed by atoms with Crippen LogP contribution in [-0.4, -0.2) is 35.9 Å². The molecule has 1 amide bonds. The number of carbonyl (C=O) groups is 1. The fourth-order valence-electron chi connectivity index (χ4n) is 0.954. The Labute approximate surface area is 114 Å². The maximum absolute atomic E-state index is 11.9. The smallest absolute Gasteiger partial charge is 0.270 e. The molecule has 1 aromatic rings. The van der Waals surface area contributed by atoms with Crippen LogP contribution in [-0.2, 0) is 14.8 Å². The zero-order valence-electron chi connectivity index (χ0n) is 10.0. The lowest BCUT2D eigenvalue weighted by molar-refractivity contribution is -0.114. The second kappa shape index (κ2) is 5.47. The van der Waals surface area contributed by atoms with Gasteiger partial charge in [0.15, 0.2) is 0 Å². The van der Waals surface area contributed by atoms with Crippen molar-refractivity contribution in [2.45, 2.75) is 30.6 Å². The number of amides is 1. The quantitative estimate of drug-likeness (QED) is 0.618. The van der Waals surface area contributed by atoms with Crippen LogP contribution in [0.2, 0.25) is 0 Å². The first-order chi connectivity index (χ1) is 8.16. The van der Waals surface area contributed by atoms with E-state index in [1.807, 2.05) is 0 Å². The lowest BCUT2D eigenvalue weighted by atomic mass is 10.1. The SMILES string of the molecule is CC(=O)Nc1nnc(S(=O)(=O)NC(C)(C)CCl)s1. The van der Waals surface area contributed by atoms with E-state index < -0.39 is 15.6 Å². The average Bonchev–Trinajstić information content (AvgIpc) is 2.64. The second-order valence-electron chi connectivity index (χ2n) is 4.18. The molecule has 0 spiro atoms. The molecule has 0 saturated carbocycles. The number of sulfonamides is 1. The molecule has 0 aliphatic carbocycles. The fraction of sp³-hybridized carbons (Fsp3) is 0.625. The van der Waals surface area contributed by atoms with Gasteiger partial charge in [0.25, 0.3) is 10.0 Å². The summed E-state index contributed by atoms with van der Waals surface area (Å²) in [6.07, 6.45) is 0. The molecular formula is C8H13ClN4O3S2. The molecule has 0 radical (unpaired) electrons. The van der Waals surface area contributed by atoms with Crippen LogP contribution < -0.4 is 10.0 Å². The van der Waals surface area contributed by atoms with Crippen LogP contribution >= 0.6 is 22.9 Å². The third-order valence-corrected chi connectivity index (χ3v) is 5.24. The van der Waals surface area contributed by atoms with Gasteiger partial charge < -0.3 is 5.32 Å². The molecule has 0 saturated heterocycles. The zero-order valence-corrected chi connectivity index (χ0v) is 12.4. The fourth-order valence-corrected chi connectivity index (χ4v) is 3.46. The van der Waals surface area contributed by atoms with E-state index >= 15 is 0 Å². The highest BCUT2D eigenvalue weighted by Gasteiger charge is 2.28. The molecule has 0 unspecified atom stereocenters. The third kappa shape index (κ3) is 4.16. The van der Waals surface area contributed by atoms with E-state index in [2.05, 4.69) is 20.2 Å². The molecule has 1 heterocycles. The first kappa shape index (κ1) is 15.3. The predicted molar refractivity (Wildman–Crippen MR) is 69.3 cm³/mol. The minimum atomic E-state index is -3.79. The summed E-state index contributed by atoms with van der Waals surface area (Å²) in [5.74, 6) is -0.229. The molecule has 0 aromatic carbocycles. The number of nitrogens with zero attached hydrogens (tertiary/aromatic N) is 2. The van der Waals surface area contributed by atoms with Gasteiger partial charge in [0.2, 0.25) is 15.4 Å². The molecule has 0 bridgehead atoms. The van der Waals surface area contributed by atoms with Crippen molar-refractivity contribution in [1.29, 1.82) is 0 Å². The number of aromatic nitrogens is 2. The third-order valence-electron chi connectivity index (χ3n) is 1.66. The van der Waals surface area contributed by atoms with Crippen LogP contribution in [0.15, 0.2) is 4.34 Å². The summed E-state index contributed by atoms with van der Waals surface area (Å²) >= 11 is 6.42. The van der Waals surface area contributed by atoms with Crippen LogP contribution in [0.25, 0.3) is 0 Å². The van der Waals surface area contributed by atoms with Crippen LogP contribution in [0.3, 0.4) is 0 Å². The first-order valence-corrected chi connectivity index (χ1v) is 7.71. The summed E-state index contributed by atoms with van der Waals surface area (Å²) in [7, 11) is -3.79. The molecule has 0 aliphatic rings. The Balaban J connectivity index is 2.92. The maximum atomic E-state index is 11.9. The number of rotatable bonds is 5. The Hall–Kier alpha value is -0.770. The number of hydrogen-bond donors (Lipinski definition) is 2. The molecule has 1 aromatic heterocycles. The summed E-state index contributed by atoms with van der Waals surface area (Å²) in [5, 5.41) is 9.58. The lowest BCUT2D eigenvalue weighted by Crippen LogP contribution is -2.44. The summed E-state index contributed by atoms with van der Waals surface area (Å²) in [4.78, 5) is 10.8. The normalized spacial score (nSPS) is 12.4. The molecule has 7 nitrogen and oxygen atoms in total. The van der Waals surface area contributed by atoms with Gasteiger partial charge in [-0.15, -0.1) is 21.8 Å². The van der Waals surface area contributed by atoms with E-state index in [0.717, 1.165) is 11.3 Å². The minimum absolute atomic E-state index is 0.115. The Bertz CT molecular complexity index is 540. The highest BCUT2D eigenvalue weighted by Crippen LogP contribution is 2.21. The van der Waals surface area contributed by atoms with E-state index in [-0.39, 0.29) is 21.3 Å². The largest absolute Gasteiger partial charge is 0.301 e. The number of anilines is 1. The Morgan fingerprint density at radius 1 is 1.44 bits per heavy atom. The van der Waals surface area contributed by atoms with Gasteiger partial charge in [-0.05, 0) is 13.8 Å². The first-order valence-electron chi connectivity index (χ1n) is 4.87. The van der Waals surface area contributed by atoms with Crippen LogP contribution in [0, 0.1) is 0 Å². The monoisotopic (exact) mass is 312 g/mol. The van der Waals surface area contributed by atoms with Gasteiger partial charge in [-0.2, -0.15) is 0 Å². The van der Waals surface area contributed by atoms with Crippen molar-refractivity contribution in [3.8, 4) is 0 Å². The predicted octanol–water partition coefficient (Wildman–Crippen LogP) is 0.792. The Morgan fingerprint density at radius 2 is 2.06 bits per heavy atom. The van der Waals surface area contributed by atoms with Crippen molar-refractivity contribution in [1.82, 2.24) is 14.9 Å². The molecule has 102 valence electrons. The molecule has 10 heteroatoms. The van der Waals surface area contributed by atoms with Crippen molar-refractivity contribution in [2.75, 3.05) is 11.2 Å². The topological polar surface area (TPSA) is 101 Å². The Morgan fingerprint density at radius 3 is 2.56 bits per heavy atom. The number of hydrogen-bond acceptors (Lipinski definition) is 6. The van der Waals surface area contributed by atoms with Crippen LogP contribution in [0.4, 0.5) is 5.13 Å². The van der Waals surface area contributed by atoms with E-state index in [9.17, 15) is 13.2 Å². The maximum Gasteiger partial charge on any atom is 0.270 e. The highest BCUT2D eigenvalue weighted by molar-refractivity contribution is 7.91. The summed E-state index contributed by atoms with van der Waals surface area (Å²) < 4.78 is 26.0. The second-order valence-corrected chi connectivity index (χ2v) is 7.28.